The van der Waals surface area contributed by atoms with Crippen molar-refractivity contribution in [1.29, 1.82) is 0 Å². The summed E-state index contributed by atoms with van der Waals surface area (Å²) in [7, 11) is 3.56. The highest BCUT2D eigenvalue weighted by atomic mass is 19.4. The third-order valence-corrected chi connectivity index (χ3v) is 6.45. The zero-order valence-electron chi connectivity index (χ0n) is 21.2. The molecule has 1 aliphatic rings. The van der Waals surface area contributed by atoms with Gasteiger partial charge in [0, 0.05) is 49.0 Å². The number of primary amides is 1. The van der Waals surface area contributed by atoms with Crippen LogP contribution in [0, 0.1) is 0 Å². The summed E-state index contributed by atoms with van der Waals surface area (Å²) in [5.74, 6) is -1.01. The molecular weight excluding hydrogens is 515 g/mol. The van der Waals surface area contributed by atoms with E-state index in [1.165, 1.54) is 19.2 Å². The molecule has 0 unspecified atom stereocenters. The maximum Gasteiger partial charge on any atom is 0.423 e. The number of amides is 1. The van der Waals surface area contributed by atoms with Gasteiger partial charge in [-0.05, 0) is 43.4 Å². The quantitative estimate of drug-likeness (QED) is 0.315. The number of aromatic amines is 1. The average molecular weight is 542 g/mol. The molecule has 3 heterocycles. The molecule has 1 amide bonds. The van der Waals surface area contributed by atoms with Gasteiger partial charge in [0.25, 0.3) is 5.91 Å². The van der Waals surface area contributed by atoms with Crippen LogP contribution in [0.4, 0.5) is 30.5 Å². The molecule has 4 aromatic rings. The van der Waals surface area contributed by atoms with E-state index < -0.39 is 23.5 Å². The number of hydrogen-bond acceptors (Lipinski definition) is 8. The standard InChI is InChI=1S/C26H26F3N7O3/c1-35-8-10-36(11-9-35)15-6-7-22(38-2)19(12-15)33-25-31-14-17(26(27,28)29)24(34-25)39-21-5-3-4-18-16(21)13-20(32-18)23(30)37/h3-7,12-14,32H,8-11H2,1-2H3,(H2,30,37)(H,31,33,34). The predicted molar refractivity (Wildman–Crippen MR) is 140 cm³/mol. The summed E-state index contributed by atoms with van der Waals surface area (Å²) in [5, 5.41) is 3.34. The van der Waals surface area contributed by atoms with E-state index in [1.807, 2.05) is 12.1 Å². The van der Waals surface area contributed by atoms with E-state index in [0.29, 0.717) is 28.5 Å². The second-order valence-electron chi connectivity index (χ2n) is 9.08. The minimum Gasteiger partial charge on any atom is -0.495 e. The monoisotopic (exact) mass is 541 g/mol. The van der Waals surface area contributed by atoms with Gasteiger partial charge < -0.3 is 35.3 Å². The number of nitrogens with two attached hydrogens (primary N) is 1. The van der Waals surface area contributed by atoms with Crippen molar-refractivity contribution in [3.8, 4) is 17.4 Å². The third-order valence-electron chi connectivity index (χ3n) is 6.45. The smallest absolute Gasteiger partial charge is 0.423 e. The van der Waals surface area contributed by atoms with Gasteiger partial charge in [-0.3, -0.25) is 4.79 Å². The van der Waals surface area contributed by atoms with Gasteiger partial charge in [-0.25, -0.2) is 4.98 Å². The van der Waals surface area contributed by atoms with Crippen molar-refractivity contribution in [2.75, 3.05) is 50.6 Å². The number of nitrogens with one attached hydrogen (secondary N) is 2. The second kappa shape index (κ2) is 10.3. The van der Waals surface area contributed by atoms with Crippen LogP contribution in [0.1, 0.15) is 16.1 Å². The number of fused-ring (bicyclic) bond motifs is 1. The number of likely N-dealkylation sites (N-methyl/N-ethyl adjacent to an activating group) is 1. The lowest BCUT2D eigenvalue weighted by molar-refractivity contribution is -0.139. The van der Waals surface area contributed by atoms with Crippen LogP contribution in [0.25, 0.3) is 10.9 Å². The number of carbonyl (C=O) groups is 1. The van der Waals surface area contributed by atoms with Crippen LogP contribution in [-0.4, -0.2) is 66.1 Å². The number of aromatic nitrogens is 3. The molecular formula is C26H26F3N7O3. The van der Waals surface area contributed by atoms with Crippen LogP contribution >= 0.6 is 0 Å². The highest BCUT2D eigenvalue weighted by Crippen LogP contribution is 2.39. The molecule has 0 aliphatic carbocycles. The fraction of sp³-hybridized carbons (Fsp3) is 0.269. The lowest BCUT2D eigenvalue weighted by Crippen LogP contribution is -2.44. The molecule has 13 heteroatoms. The molecule has 1 aliphatic heterocycles. The van der Waals surface area contributed by atoms with E-state index in [2.05, 4.69) is 37.1 Å². The van der Waals surface area contributed by atoms with Crippen LogP contribution in [0.5, 0.6) is 17.4 Å². The lowest BCUT2D eigenvalue weighted by atomic mass is 10.2. The maximum absolute atomic E-state index is 13.9. The first-order valence-electron chi connectivity index (χ1n) is 12.0. The molecule has 4 N–H and O–H groups in total. The minimum atomic E-state index is -4.78. The van der Waals surface area contributed by atoms with E-state index in [-0.39, 0.29) is 17.4 Å². The van der Waals surface area contributed by atoms with Gasteiger partial charge in [0.1, 0.15) is 22.8 Å². The maximum atomic E-state index is 13.9. The molecule has 204 valence electrons. The number of ether oxygens (including phenoxy) is 2. The number of H-pyrrole nitrogens is 1. The summed E-state index contributed by atoms with van der Waals surface area (Å²) in [5.41, 5.74) is 6.15. The summed E-state index contributed by atoms with van der Waals surface area (Å²) in [6, 6.07) is 11.6. The van der Waals surface area contributed by atoms with E-state index in [0.717, 1.165) is 31.9 Å². The Labute approximate surface area is 221 Å². The van der Waals surface area contributed by atoms with Gasteiger partial charge in [0.05, 0.1) is 12.8 Å². The molecule has 2 aromatic heterocycles. The molecule has 1 fully saturated rings. The number of benzene rings is 2. The summed E-state index contributed by atoms with van der Waals surface area (Å²) in [6.45, 7) is 3.48. The number of alkyl halides is 3. The van der Waals surface area contributed by atoms with Crippen molar-refractivity contribution >= 4 is 34.1 Å². The summed E-state index contributed by atoms with van der Waals surface area (Å²) >= 11 is 0. The number of piperazine rings is 1. The SMILES string of the molecule is COc1ccc(N2CCN(C)CC2)cc1Nc1ncc(C(F)(F)F)c(Oc2cccc3[nH]c(C(N)=O)cc23)n1. The first-order valence-corrected chi connectivity index (χ1v) is 12.0. The number of halogens is 3. The zero-order chi connectivity index (χ0) is 27.7. The molecule has 0 atom stereocenters. The van der Waals surface area contributed by atoms with Crippen molar-refractivity contribution in [2.24, 2.45) is 5.73 Å². The molecule has 1 saturated heterocycles. The highest BCUT2D eigenvalue weighted by molar-refractivity contribution is 5.98. The van der Waals surface area contributed by atoms with Crippen LogP contribution < -0.4 is 25.4 Å². The third kappa shape index (κ3) is 5.53. The van der Waals surface area contributed by atoms with E-state index in [4.69, 9.17) is 15.2 Å². The molecule has 0 bridgehead atoms. The van der Waals surface area contributed by atoms with Crippen molar-refractivity contribution < 1.29 is 27.4 Å². The van der Waals surface area contributed by atoms with Crippen molar-refractivity contribution in [2.45, 2.75) is 6.18 Å². The molecule has 5 rings (SSSR count). The molecule has 10 nitrogen and oxygen atoms in total. The fourth-order valence-electron chi connectivity index (χ4n) is 4.33. The normalized spacial score (nSPS) is 14.4. The van der Waals surface area contributed by atoms with Gasteiger partial charge in [-0.1, -0.05) is 6.07 Å². The van der Waals surface area contributed by atoms with Crippen LogP contribution in [0.2, 0.25) is 0 Å². The number of rotatable bonds is 7. The first kappa shape index (κ1) is 26.1. The van der Waals surface area contributed by atoms with Gasteiger partial charge in [-0.2, -0.15) is 18.2 Å². The van der Waals surface area contributed by atoms with E-state index in [9.17, 15) is 18.0 Å². The summed E-state index contributed by atoms with van der Waals surface area (Å²) in [6.07, 6.45) is -4.12. The van der Waals surface area contributed by atoms with Crippen molar-refractivity contribution in [1.82, 2.24) is 19.9 Å². The molecule has 2 aromatic carbocycles. The number of carbonyl (C=O) groups excluding carboxylic acids is 1. The Hall–Kier alpha value is -4.52. The molecule has 0 saturated carbocycles. The predicted octanol–water partition coefficient (Wildman–Crippen LogP) is 4.37. The fourth-order valence-corrected chi connectivity index (χ4v) is 4.33. The number of methoxy groups -OCH3 is 1. The summed E-state index contributed by atoms with van der Waals surface area (Å²) < 4.78 is 52.7. The van der Waals surface area contributed by atoms with Crippen LogP contribution in [-0.2, 0) is 6.18 Å². The largest absolute Gasteiger partial charge is 0.495 e. The number of hydrogen-bond donors (Lipinski definition) is 3. The van der Waals surface area contributed by atoms with Crippen molar-refractivity contribution in [3.05, 3.63) is 59.9 Å². The summed E-state index contributed by atoms with van der Waals surface area (Å²) in [4.78, 5) is 26.8. The van der Waals surface area contributed by atoms with Crippen LogP contribution in [0.15, 0.2) is 48.7 Å². The number of nitrogens with zero attached hydrogens (tertiary/aromatic N) is 4. The Morgan fingerprint density at radius 3 is 2.56 bits per heavy atom. The highest BCUT2D eigenvalue weighted by Gasteiger charge is 2.37. The average Bonchev–Trinajstić information content (AvgIpc) is 3.35. The van der Waals surface area contributed by atoms with Gasteiger partial charge in [0.15, 0.2) is 0 Å². The first-order chi connectivity index (χ1) is 18.6. The molecule has 39 heavy (non-hydrogen) atoms. The van der Waals surface area contributed by atoms with Gasteiger partial charge in [0.2, 0.25) is 11.8 Å². The van der Waals surface area contributed by atoms with Crippen molar-refractivity contribution in [3.63, 3.8) is 0 Å². The Balaban J connectivity index is 1.49. The molecule has 0 radical (unpaired) electrons. The molecule has 0 spiro atoms. The Morgan fingerprint density at radius 2 is 1.87 bits per heavy atom. The Bertz CT molecular complexity index is 1510. The Morgan fingerprint density at radius 1 is 1.10 bits per heavy atom. The van der Waals surface area contributed by atoms with Crippen LogP contribution in [0.3, 0.4) is 0 Å². The van der Waals surface area contributed by atoms with E-state index in [1.54, 1.807) is 18.2 Å². The lowest BCUT2D eigenvalue weighted by Gasteiger charge is -2.34. The number of anilines is 3. The second-order valence-corrected chi connectivity index (χ2v) is 9.08. The minimum absolute atomic E-state index is 0.0565. The zero-order valence-corrected chi connectivity index (χ0v) is 21.2. The topological polar surface area (TPSA) is 122 Å². The Kier molecular flexibility index (Phi) is 6.91. The van der Waals surface area contributed by atoms with Gasteiger partial charge in [-0.15, -0.1) is 0 Å². The van der Waals surface area contributed by atoms with Gasteiger partial charge >= 0.3 is 6.18 Å². The van der Waals surface area contributed by atoms with E-state index >= 15 is 0 Å².